The van der Waals surface area contributed by atoms with Crippen LogP contribution in [0, 0.1) is 0 Å². The van der Waals surface area contributed by atoms with Crippen LogP contribution in [-0.2, 0) is 6.42 Å². The van der Waals surface area contributed by atoms with Gasteiger partial charge in [-0.2, -0.15) is 0 Å². The summed E-state index contributed by atoms with van der Waals surface area (Å²) in [7, 11) is 0. The van der Waals surface area contributed by atoms with Gasteiger partial charge >= 0.3 is 6.03 Å². The van der Waals surface area contributed by atoms with Crippen molar-refractivity contribution in [3.63, 3.8) is 0 Å². The number of nitrogens with one attached hydrogen (secondary N) is 1. The number of likely N-dealkylation sites (tertiary alicyclic amines) is 1. The van der Waals surface area contributed by atoms with Crippen LogP contribution in [-0.4, -0.2) is 53.9 Å². The van der Waals surface area contributed by atoms with Crippen LogP contribution in [0.5, 0.6) is 0 Å². The number of aliphatic hydroxyl groups is 1. The van der Waals surface area contributed by atoms with Gasteiger partial charge in [-0.05, 0) is 44.7 Å². The van der Waals surface area contributed by atoms with Crippen molar-refractivity contribution in [3.05, 3.63) is 29.8 Å². The summed E-state index contributed by atoms with van der Waals surface area (Å²) in [5, 5.41) is 13.0. The highest BCUT2D eigenvalue weighted by atomic mass is 16.3. The molecule has 0 aromatic heterocycles. The molecule has 1 fully saturated rings. The van der Waals surface area contributed by atoms with Gasteiger partial charge in [-0.15, -0.1) is 0 Å². The Labute approximate surface area is 138 Å². The minimum absolute atomic E-state index is 0.0140. The van der Waals surface area contributed by atoms with Crippen molar-refractivity contribution in [2.45, 2.75) is 44.8 Å². The van der Waals surface area contributed by atoms with E-state index in [1.807, 2.05) is 11.8 Å². The average molecular weight is 317 g/mol. The van der Waals surface area contributed by atoms with Crippen molar-refractivity contribution in [1.29, 1.82) is 0 Å². The SMILES string of the molecule is C[C@H](CNC(=O)N1CCC(C)(O)CC1)N1CCc2ccccc21. The van der Waals surface area contributed by atoms with Gasteiger partial charge in [0, 0.05) is 37.9 Å². The topological polar surface area (TPSA) is 55.8 Å². The van der Waals surface area contributed by atoms with Crippen LogP contribution in [0.25, 0.3) is 0 Å². The number of nitrogens with zero attached hydrogens (tertiary/aromatic N) is 2. The molecule has 126 valence electrons. The predicted octanol–water partition coefficient (Wildman–Crippen LogP) is 1.99. The lowest BCUT2D eigenvalue weighted by Gasteiger charge is -2.36. The maximum Gasteiger partial charge on any atom is 0.317 e. The molecule has 0 saturated carbocycles. The Hall–Kier alpha value is -1.75. The monoisotopic (exact) mass is 317 g/mol. The molecule has 2 heterocycles. The van der Waals surface area contributed by atoms with E-state index >= 15 is 0 Å². The predicted molar refractivity (Wildman–Crippen MR) is 91.8 cm³/mol. The summed E-state index contributed by atoms with van der Waals surface area (Å²) < 4.78 is 0. The van der Waals surface area contributed by atoms with E-state index in [9.17, 15) is 9.90 Å². The van der Waals surface area contributed by atoms with Crippen molar-refractivity contribution in [3.8, 4) is 0 Å². The fourth-order valence-corrected chi connectivity index (χ4v) is 3.47. The smallest absolute Gasteiger partial charge is 0.317 e. The van der Waals surface area contributed by atoms with E-state index in [1.165, 1.54) is 11.3 Å². The summed E-state index contributed by atoms with van der Waals surface area (Å²) in [5.74, 6) is 0. The molecule has 1 aromatic rings. The standard InChI is InChI=1S/C18H27N3O2/c1-14(21-10-7-15-5-3-4-6-16(15)21)13-19-17(22)20-11-8-18(2,23)9-12-20/h3-6,14,23H,7-13H2,1-2H3,(H,19,22)/t14-/m1/s1. The molecular formula is C18H27N3O2. The van der Waals surface area contributed by atoms with Gasteiger partial charge in [0.05, 0.1) is 5.60 Å². The largest absolute Gasteiger partial charge is 0.390 e. The number of piperidine rings is 1. The first-order chi connectivity index (χ1) is 11.0. The van der Waals surface area contributed by atoms with Gasteiger partial charge in [-0.1, -0.05) is 18.2 Å². The number of hydrogen-bond donors (Lipinski definition) is 2. The number of fused-ring (bicyclic) bond motifs is 1. The molecule has 2 N–H and O–H groups in total. The second kappa shape index (κ2) is 6.40. The average Bonchev–Trinajstić information content (AvgIpc) is 2.96. The Morgan fingerprint density at radius 3 is 2.74 bits per heavy atom. The molecule has 0 unspecified atom stereocenters. The van der Waals surface area contributed by atoms with Crippen LogP contribution in [0.1, 0.15) is 32.3 Å². The quantitative estimate of drug-likeness (QED) is 0.896. The zero-order valence-electron chi connectivity index (χ0n) is 14.1. The zero-order chi connectivity index (χ0) is 16.4. The van der Waals surface area contributed by atoms with Crippen LogP contribution in [0.2, 0.25) is 0 Å². The van der Waals surface area contributed by atoms with E-state index in [4.69, 9.17) is 0 Å². The van der Waals surface area contributed by atoms with E-state index < -0.39 is 5.60 Å². The first-order valence-corrected chi connectivity index (χ1v) is 8.56. The van der Waals surface area contributed by atoms with Gasteiger partial charge in [-0.25, -0.2) is 4.79 Å². The van der Waals surface area contributed by atoms with Crippen LogP contribution < -0.4 is 10.2 Å². The molecule has 1 atom stereocenters. The van der Waals surface area contributed by atoms with Gasteiger partial charge in [0.1, 0.15) is 0 Å². The fraction of sp³-hybridized carbons (Fsp3) is 0.611. The molecule has 0 aliphatic carbocycles. The van der Waals surface area contributed by atoms with E-state index in [0.717, 1.165) is 13.0 Å². The van der Waals surface area contributed by atoms with Crippen molar-refractivity contribution in [1.82, 2.24) is 10.2 Å². The molecule has 0 spiro atoms. The molecule has 23 heavy (non-hydrogen) atoms. The molecule has 2 aliphatic rings. The minimum atomic E-state index is -0.622. The summed E-state index contributed by atoms with van der Waals surface area (Å²) in [4.78, 5) is 16.5. The molecule has 0 radical (unpaired) electrons. The van der Waals surface area contributed by atoms with Crippen LogP contribution in [0.15, 0.2) is 24.3 Å². The number of rotatable bonds is 3. The van der Waals surface area contributed by atoms with Crippen LogP contribution in [0.3, 0.4) is 0 Å². The third-order valence-electron chi connectivity index (χ3n) is 5.13. The van der Waals surface area contributed by atoms with E-state index in [0.29, 0.717) is 32.5 Å². The maximum atomic E-state index is 12.3. The fourth-order valence-electron chi connectivity index (χ4n) is 3.47. The second-order valence-corrected chi connectivity index (χ2v) is 7.09. The Morgan fingerprint density at radius 1 is 1.30 bits per heavy atom. The van der Waals surface area contributed by atoms with E-state index in [1.54, 1.807) is 0 Å². The molecular weight excluding hydrogens is 290 g/mol. The van der Waals surface area contributed by atoms with Gasteiger partial charge in [0.25, 0.3) is 0 Å². The van der Waals surface area contributed by atoms with Crippen LogP contribution >= 0.6 is 0 Å². The molecule has 0 bridgehead atoms. The Kier molecular flexibility index (Phi) is 4.48. The summed E-state index contributed by atoms with van der Waals surface area (Å²) in [5.41, 5.74) is 2.07. The second-order valence-electron chi connectivity index (χ2n) is 7.09. The van der Waals surface area contributed by atoms with Crippen LogP contribution in [0.4, 0.5) is 10.5 Å². The number of benzene rings is 1. The summed E-state index contributed by atoms with van der Waals surface area (Å²) in [6.07, 6.45) is 2.38. The highest BCUT2D eigenvalue weighted by Gasteiger charge is 2.30. The number of urea groups is 1. The first-order valence-electron chi connectivity index (χ1n) is 8.56. The highest BCUT2D eigenvalue weighted by molar-refractivity contribution is 5.74. The number of carbonyl (C=O) groups excluding carboxylic acids is 1. The third kappa shape index (κ3) is 3.61. The molecule has 5 heteroatoms. The maximum absolute atomic E-state index is 12.3. The van der Waals surface area contributed by atoms with Crippen molar-refractivity contribution >= 4 is 11.7 Å². The number of anilines is 1. The van der Waals surface area contributed by atoms with E-state index in [-0.39, 0.29) is 12.1 Å². The van der Waals surface area contributed by atoms with Gasteiger partial charge in [0.2, 0.25) is 0 Å². The lowest BCUT2D eigenvalue weighted by molar-refractivity contribution is 0.00438. The van der Waals surface area contributed by atoms with Gasteiger partial charge in [0.15, 0.2) is 0 Å². The number of amides is 2. The highest BCUT2D eigenvalue weighted by Crippen LogP contribution is 2.29. The summed E-state index contributed by atoms with van der Waals surface area (Å²) >= 11 is 0. The lowest BCUT2D eigenvalue weighted by Crippen LogP contribution is -2.51. The number of para-hydroxylation sites is 1. The van der Waals surface area contributed by atoms with Crippen molar-refractivity contribution in [2.75, 3.05) is 31.1 Å². The van der Waals surface area contributed by atoms with Crippen molar-refractivity contribution < 1.29 is 9.90 Å². The first kappa shape index (κ1) is 16.1. The lowest BCUT2D eigenvalue weighted by atomic mass is 9.94. The normalized spacial score (nSPS) is 21.0. The zero-order valence-corrected chi connectivity index (χ0v) is 14.1. The molecule has 1 aromatic carbocycles. The Morgan fingerprint density at radius 2 is 2.00 bits per heavy atom. The summed E-state index contributed by atoms with van der Waals surface area (Å²) in [6, 6.07) is 8.76. The number of hydrogen-bond acceptors (Lipinski definition) is 3. The van der Waals surface area contributed by atoms with E-state index in [2.05, 4.69) is 41.4 Å². The van der Waals surface area contributed by atoms with Gasteiger partial charge in [-0.3, -0.25) is 0 Å². The minimum Gasteiger partial charge on any atom is -0.390 e. The summed E-state index contributed by atoms with van der Waals surface area (Å²) in [6.45, 7) is 6.90. The third-order valence-corrected chi connectivity index (χ3v) is 5.13. The molecule has 2 amide bonds. The molecule has 1 saturated heterocycles. The Bertz CT molecular complexity index is 563. The number of carbonyl (C=O) groups is 1. The van der Waals surface area contributed by atoms with Gasteiger partial charge < -0.3 is 20.2 Å². The molecule has 2 aliphatic heterocycles. The molecule has 3 rings (SSSR count). The van der Waals surface area contributed by atoms with Crippen molar-refractivity contribution in [2.24, 2.45) is 0 Å². The Balaban J connectivity index is 1.50. The molecule has 5 nitrogen and oxygen atoms in total.